The molecular formula is C37H30N4O3S. The fraction of sp³-hybridized carbons (Fsp3) is 0.0811. The van der Waals surface area contributed by atoms with E-state index in [4.69, 9.17) is 0 Å². The molecular weight excluding hydrogens is 580 g/mol. The number of carbonyl (C=O) groups is 3. The number of aromatic nitrogens is 2. The van der Waals surface area contributed by atoms with E-state index in [9.17, 15) is 14.4 Å². The van der Waals surface area contributed by atoms with E-state index in [1.165, 1.54) is 11.8 Å². The van der Waals surface area contributed by atoms with Gasteiger partial charge in [0.1, 0.15) is 5.70 Å². The summed E-state index contributed by atoms with van der Waals surface area (Å²) in [6.07, 6.45) is 5.48. The largest absolute Gasteiger partial charge is 0.321 e. The fourth-order valence-corrected chi connectivity index (χ4v) is 6.16. The molecule has 1 unspecified atom stereocenters. The standard InChI is InChI=1S/C37H30N4O3S/c1-2-34(37(44)41-32-16-8-6-14-29(32)30-15-7-9-17-33(30)41)45-28-20-18-27(19-21-28)39-36(43)31(23-25-11-10-22-38-24-25)40-35(42)26-12-4-3-5-13-26/h3-24,34H,2H2,1H3,(H,39,43)(H,40,42)/b31-23-. The maximum atomic E-state index is 13.9. The first-order chi connectivity index (χ1) is 22.0. The first-order valence-electron chi connectivity index (χ1n) is 14.6. The van der Waals surface area contributed by atoms with Crippen molar-refractivity contribution in [3.8, 4) is 0 Å². The van der Waals surface area contributed by atoms with Crippen molar-refractivity contribution in [3.63, 3.8) is 0 Å². The third-order valence-electron chi connectivity index (χ3n) is 7.36. The van der Waals surface area contributed by atoms with Crippen LogP contribution in [0.4, 0.5) is 5.69 Å². The SMILES string of the molecule is CCC(Sc1ccc(NC(=O)/C(=C/c2cccnc2)NC(=O)c2ccccc2)cc1)C(=O)n1c2ccccc2c2ccccc21. The summed E-state index contributed by atoms with van der Waals surface area (Å²) in [5.74, 6) is -0.848. The molecule has 0 aliphatic carbocycles. The molecule has 7 nitrogen and oxygen atoms in total. The van der Waals surface area contributed by atoms with E-state index in [0.29, 0.717) is 23.2 Å². The summed E-state index contributed by atoms with van der Waals surface area (Å²) < 4.78 is 1.83. The molecule has 0 saturated carbocycles. The number of para-hydroxylation sites is 2. The second-order valence-corrected chi connectivity index (χ2v) is 11.6. The summed E-state index contributed by atoms with van der Waals surface area (Å²) in [7, 11) is 0. The molecule has 2 heterocycles. The molecule has 2 aromatic heterocycles. The first-order valence-corrected chi connectivity index (χ1v) is 15.5. The molecule has 0 bridgehead atoms. The smallest absolute Gasteiger partial charge is 0.272 e. The van der Waals surface area contributed by atoms with Gasteiger partial charge in [0.25, 0.3) is 11.8 Å². The fourth-order valence-electron chi connectivity index (χ4n) is 5.16. The van der Waals surface area contributed by atoms with Gasteiger partial charge in [-0.05, 0) is 72.7 Å². The highest BCUT2D eigenvalue weighted by Gasteiger charge is 2.24. The number of hydrogen-bond acceptors (Lipinski definition) is 5. The highest BCUT2D eigenvalue weighted by Crippen LogP contribution is 2.33. The Morgan fingerprint density at radius 3 is 2.07 bits per heavy atom. The van der Waals surface area contributed by atoms with Crippen molar-refractivity contribution in [2.75, 3.05) is 5.32 Å². The Morgan fingerprint density at radius 1 is 0.800 bits per heavy atom. The van der Waals surface area contributed by atoms with Crippen LogP contribution in [0.25, 0.3) is 27.9 Å². The zero-order chi connectivity index (χ0) is 31.2. The predicted molar refractivity (Wildman–Crippen MR) is 181 cm³/mol. The number of carbonyl (C=O) groups excluding carboxylic acids is 3. The van der Waals surface area contributed by atoms with Crippen LogP contribution in [0.15, 0.2) is 138 Å². The Morgan fingerprint density at radius 2 is 1.44 bits per heavy atom. The zero-order valence-electron chi connectivity index (χ0n) is 24.5. The molecule has 6 rings (SSSR count). The quantitative estimate of drug-likeness (QED) is 0.129. The molecule has 1 atom stereocenters. The van der Waals surface area contributed by atoms with Crippen molar-refractivity contribution in [2.45, 2.75) is 23.5 Å². The molecule has 0 fully saturated rings. The minimum atomic E-state index is -0.475. The highest BCUT2D eigenvalue weighted by molar-refractivity contribution is 8.00. The summed E-state index contributed by atoms with van der Waals surface area (Å²) in [6.45, 7) is 2.01. The number of nitrogens with one attached hydrogen (secondary N) is 2. The van der Waals surface area contributed by atoms with Crippen LogP contribution in [0.1, 0.15) is 34.1 Å². The van der Waals surface area contributed by atoms with Gasteiger partial charge in [0.2, 0.25) is 5.91 Å². The average molecular weight is 611 g/mol. The van der Waals surface area contributed by atoms with Gasteiger partial charge in [-0.25, -0.2) is 0 Å². The van der Waals surface area contributed by atoms with Crippen LogP contribution in [0, 0.1) is 0 Å². The van der Waals surface area contributed by atoms with Gasteiger partial charge in [-0.2, -0.15) is 0 Å². The second-order valence-electron chi connectivity index (χ2n) is 10.4. The van der Waals surface area contributed by atoms with Crippen LogP contribution >= 0.6 is 11.8 Å². The molecule has 222 valence electrons. The molecule has 0 saturated heterocycles. The number of benzene rings is 4. The summed E-state index contributed by atoms with van der Waals surface area (Å²) in [5.41, 5.74) is 3.53. The molecule has 8 heteroatoms. The molecule has 0 radical (unpaired) electrons. The Balaban J connectivity index is 1.19. The number of amides is 2. The van der Waals surface area contributed by atoms with E-state index in [2.05, 4.69) is 15.6 Å². The Kier molecular flexibility index (Phi) is 8.84. The lowest BCUT2D eigenvalue weighted by molar-refractivity contribution is -0.113. The number of pyridine rings is 1. The van der Waals surface area contributed by atoms with Crippen LogP contribution in [0.5, 0.6) is 0 Å². The summed E-state index contributed by atoms with van der Waals surface area (Å²) in [6, 6.07) is 35.6. The van der Waals surface area contributed by atoms with Gasteiger partial charge in [-0.3, -0.25) is 23.9 Å². The van der Waals surface area contributed by atoms with Crippen molar-refractivity contribution >= 4 is 63.1 Å². The van der Waals surface area contributed by atoms with Crippen LogP contribution in [-0.4, -0.2) is 32.5 Å². The maximum Gasteiger partial charge on any atom is 0.272 e. The number of fused-ring (bicyclic) bond motifs is 3. The number of rotatable bonds is 9. The van der Waals surface area contributed by atoms with Gasteiger partial charge < -0.3 is 10.6 Å². The Hall–Kier alpha value is -5.47. The molecule has 0 aliphatic heterocycles. The van der Waals surface area contributed by atoms with E-state index in [1.54, 1.807) is 67.0 Å². The summed E-state index contributed by atoms with van der Waals surface area (Å²) in [4.78, 5) is 45.2. The van der Waals surface area contributed by atoms with E-state index >= 15 is 0 Å². The van der Waals surface area contributed by atoms with Gasteiger partial charge in [-0.15, -0.1) is 11.8 Å². The van der Waals surface area contributed by atoms with E-state index < -0.39 is 11.8 Å². The van der Waals surface area contributed by atoms with Crippen molar-refractivity contribution in [1.29, 1.82) is 0 Å². The second kappa shape index (κ2) is 13.4. The Bertz CT molecular complexity index is 1970. The van der Waals surface area contributed by atoms with Gasteiger partial charge in [0, 0.05) is 39.3 Å². The monoisotopic (exact) mass is 610 g/mol. The van der Waals surface area contributed by atoms with Crippen LogP contribution in [-0.2, 0) is 4.79 Å². The number of hydrogen-bond donors (Lipinski definition) is 2. The van der Waals surface area contributed by atoms with E-state index in [-0.39, 0.29) is 16.9 Å². The third kappa shape index (κ3) is 6.56. The first kappa shape index (κ1) is 29.6. The van der Waals surface area contributed by atoms with Crippen LogP contribution in [0.2, 0.25) is 0 Å². The maximum absolute atomic E-state index is 13.9. The molecule has 2 amide bonds. The van der Waals surface area contributed by atoms with E-state index in [0.717, 1.165) is 26.7 Å². The lowest BCUT2D eigenvalue weighted by atomic mass is 10.2. The Labute approximate surface area is 265 Å². The third-order valence-corrected chi connectivity index (χ3v) is 8.73. The van der Waals surface area contributed by atoms with Crippen LogP contribution in [0.3, 0.4) is 0 Å². The molecule has 2 N–H and O–H groups in total. The van der Waals surface area contributed by atoms with Gasteiger partial charge in [0.05, 0.1) is 16.3 Å². The molecule has 0 aliphatic rings. The zero-order valence-corrected chi connectivity index (χ0v) is 25.3. The van der Waals surface area contributed by atoms with Crippen molar-refractivity contribution in [3.05, 3.63) is 144 Å². The van der Waals surface area contributed by atoms with Crippen LogP contribution < -0.4 is 10.6 Å². The molecule has 6 aromatic rings. The van der Waals surface area contributed by atoms with Gasteiger partial charge >= 0.3 is 0 Å². The lowest BCUT2D eigenvalue weighted by Crippen LogP contribution is -2.30. The highest BCUT2D eigenvalue weighted by atomic mass is 32.2. The number of nitrogens with zero attached hydrogens (tertiary/aromatic N) is 2. The van der Waals surface area contributed by atoms with E-state index in [1.807, 2.05) is 78.2 Å². The van der Waals surface area contributed by atoms with Crippen molar-refractivity contribution < 1.29 is 14.4 Å². The van der Waals surface area contributed by atoms with Gasteiger partial charge in [-0.1, -0.05) is 67.6 Å². The molecule has 45 heavy (non-hydrogen) atoms. The topological polar surface area (TPSA) is 93.1 Å². The van der Waals surface area contributed by atoms with Crippen molar-refractivity contribution in [1.82, 2.24) is 14.9 Å². The minimum absolute atomic E-state index is 0.0246. The van der Waals surface area contributed by atoms with Gasteiger partial charge in [0.15, 0.2) is 0 Å². The number of thioether (sulfide) groups is 1. The minimum Gasteiger partial charge on any atom is -0.321 e. The average Bonchev–Trinajstić information content (AvgIpc) is 3.42. The molecule has 0 spiro atoms. The normalized spacial score (nSPS) is 12.2. The number of anilines is 1. The van der Waals surface area contributed by atoms with Crippen molar-refractivity contribution in [2.24, 2.45) is 0 Å². The summed E-state index contributed by atoms with van der Waals surface area (Å²) >= 11 is 1.50. The summed E-state index contributed by atoms with van der Waals surface area (Å²) in [5, 5.41) is 7.41. The predicted octanol–water partition coefficient (Wildman–Crippen LogP) is 7.81. The molecule has 4 aromatic carbocycles. The lowest BCUT2D eigenvalue weighted by Gasteiger charge is -2.16.